The Balaban J connectivity index is 1.29. The Labute approximate surface area is 247 Å². The van der Waals surface area contributed by atoms with Crippen LogP contribution in [0.5, 0.6) is 11.6 Å². The van der Waals surface area contributed by atoms with E-state index in [1.165, 1.54) is 24.5 Å². The van der Waals surface area contributed by atoms with Crippen LogP contribution in [0.15, 0.2) is 61.2 Å². The molecule has 1 aliphatic heterocycles. The minimum absolute atomic E-state index is 0.0573. The maximum Gasteiger partial charge on any atom is 0.416 e. The number of ether oxygens (including phenoxy) is 1. The number of hydrogen-bond acceptors (Lipinski definition) is 8. The van der Waals surface area contributed by atoms with Crippen molar-refractivity contribution in [2.75, 3.05) is 43.4 Å². The zero-order valence-corrected chi connectivity index (χ0v) is 24.1. The second kappa shape index (κ2) is 12.8. The van der Waals surface area contributed by atoms with Gasteiger partial charge in [0.15, 0.2) is 0 Å². The number of carbonyl (C=O) groups excluding carboxylic acids is 1. The lowest BCUT2D eigenvalue weighted by Gasteiger charge is -2.34. The highest BCUT2D eigenvalue weighted by Gasteiger charge is 2.34. The molecule has 43 heavy (non-hydrogen) atoms. The first-order valence-corrected chi connectivity index (χ1v) is 13.9. The molecule has 4 aromatic rings. The molecule has 0 atom stereocenters. The Morgan fingerprint density at radius 1 is 1.00 bits per heavy atom. The van der Waals surface area contributed by atoms with Gasteiger partial charge in [0.1, 0.15) is 17.9 Å². The van der Waals surface area contributed by atoms with E-state index in [1.54, 1.807) is 42.3 Å². The van der Waals surface area contributed by atoms with Gasteiger partial charge in [-0.15, -0.1) is 0 Å². The van der Waals surface area contributed by atoms with Crippen LogP contribution in [-0.4, -0.2) is 68.2 Å². The van der Waals surface area contributed by atoms with Crippen LogP contribution < -0.4 is 15.4 Å². The van der Waals surface area contributed by atoms with Gasteiger partial charge in [-0.1, -0.05) is 19.1 Å². The summed E-state index contributed by atoms with van der Waals surface area (Å²) in [5.74, 6) is 0.524. The van der Waals surface area contributed by atoms with Gasteiger partial charge >= 0.3 is 6.18 Å². The molecular weight excluding hydrogens is 561 g/mol. The van der Waals surface area contributed by atoms with Gasteiger partial charge in [0.2, 0.25) is 5.88 Å². The van der Waals surface area contributed by atoms with Crippen molar-refractivity contribution in [2.24, 2.45) is 7.05 Å². The molecule has 2 N–H and O–H groups in total. The number of aromatic nitrogens is 4. The molecule has 0 aliphatic carbocycles. The van der Waals surface area contributed by atoms with Crippen molar-refractivity contribution in [2.45, 2.75) is 26.6 Å². The lowest BCUT2D eigenvalue weighted by Crippen LogP contribution is -2.45. The fraction of sp³-hybridized carbons (Fsp3) is 0.333. The van der Waals surface area contributed by atoms with E-state index in [4.69, 9.17) is 4.74 Å². The van der Waals surface area contributed by atoms with E-state index >= 15 is 0 Å². The second-order valence-corrected chi connectivity index (χ2v) is 10.4. The van der Waals surface area contributed by atoms with Crippen molar-refractivity contribution in [1.82, 2.24) is 29.5 Å². The maximum absolute atomic E-state index is 14.0. The first kappa shape index (κ1) is 30.0. The van der Waals surface area contributed by atoms with Gasteiger partial charge in [-0.3, -0.25) is 14.4 Å². The molecule has 2 aromatic heterocycles. The Hall–Kier alpha value is -4.49. The standard InChI is InChI=1S/C30H33F3N8O2/c1-4-40-9-11-41(12-10-40)17-22-7-8-23(14-25(22)30(31,32)33)38-29(42)21-6-5-20(2)26(13-21)43-28-15-27(34-19-35-28)37-24-16-36-39(3)18-24/h5-8,13-16,18-19H,4,9-12,17H2,1-3H3,(H,38,42)(H,34,35,37). The summed E-state index contributed by atoms with van der Waals surface area (Å²) in [6, 6.07) is 10.4. The number of rotatable bonds is 9. The van der Waals surface area contributed by atoms with Gasteiger partial charge in [-0.2, -0.15) is 18.3 Å². The molecule has 1 aliphatic rings. The van der Waals surface area contributed by atoms with Gasteiger partial charge in [0, 0.05) is 63.3 Å². The van der Waals surface area contributed by atoms with Crippen LogP contribution in [0.1, 0.15) is 34.0 Å². The third-order valence-corrected chi connectivity index (χ3v) is 7.26. The van der Waals surface area contributed by atoms with Gasteiger partial charge < -0.3 is 20.3 Å². The first-order chi connectivity index (χ1) is 20.6. The predicted octanol–water partition coefficient (Wildman–Crippen LogP) is 5.46. The van der Waals surface area contributed by atoms with Crippen LogP contribution in [0.25, 0.3) is 0 Å². The van der Waals surface area contributed by atoms with Gasteiger partial charge in [0.05, 0.1) is 17.4 Å². The molecule has 1 amide bonds. The number of alkyl halides is 3. The Morgan fingerprint density at radius 2 is 1.77 bits per heavy atom. The lowest BCUT2D eigenvalue weighted by atomic mass is 10.0. The number of anilines is 3. The molecule has 0 bridgehead atoms. The molecule has 1 fully saturated rings. The molecule has 13 heteroatoms. The number of aryl methyl sites for hydroxylation is 2. The van der Waals surface area contributed by atoms with Crippen molar-refractivity contribution in [3.8, 4) is 11.6 Å². The number of amides is 1. The third-order valence-electron chi connectivity index (χ3n) is 7.26. The normalized spacial score (nSPS) is 14.5. The van der Waals surface area contributed by atoms with Crippen molar-refractivity contribution in [3.63, 3.8) is 0 Å². The van der Waals surface area contributed by atoms with Crippen LogP contribution in [0, 0.1) is 6.92 Å². The van der Waals surface area contributed by atoms with Crippen LogP contribution in [0.4, 0.5) is 30.4 Å². The molecule has 0 spiro atoms. The number of nitrogens with zero attached hydrogens (tertiary/aromatic N) is 6. The fourth-order valence-corrected chi connectivity index (χ4v) is 4.83. The molecule has 1 saturated heterocycles. The van der Waals surface area contributed by atoms with Crippen molar-refractivity contribution in [3.05, 3.63) is 83.4 Å². The maximum atomic E-state index is 14.0. The number of hydrogen-bond donors (Lipinski definition) is 2. The molecule has 3 heterocycles. The summed E-state index contributed by atoms with van der Waals surface area (Å²) < 4.78 is 49.7. The summed E-state index contributed by atoms with van der Waals surface area (Å²) in [7, 11) is 1.80. The van der Waals surface area contributed by atoms with E-state index in [0.717, 1.165) is 37.0 Å². The van der Waals surface area contributed by atoms with Crippen molar-refractivity contribution in [1.29, 1.82) is 0 Å². The highest BCUT2D eigenvalue weighted by atomic mass is 19.4. The average molecular weight is 595 g/mol. The molecule has 5 rings (SSSR count). The van der Waals surface area contributed by atoms with E-state index in [0.29, 0.717) is 24.7 Å². The highest BCUT2D eigenvalue weighted by molar-refractivity contribution is 6.04. The van der Waals surface area contributed by atoms with Gasteiger partial charge in [0.25, 0.3) is 5.91 Å². The zero-order chi connectivity index (χ0) is 30.6. The quantitative estimate of drug-likeness (QED) is 0.264. The first-order valence-electron chi connectivity index (χ1n) is 13.9. The second-order valence-electron chi connectivity index (χ2n) is 10.4. The van der Waals surface area contributed by atoms with E-state index in [9.17, 15) is 18.0 Å². The molecule has 0 unspecified atom stereocenters. The molecule has 0 saturated carbocycles. The lowest BCUT2D eigenvalue weighted by molar-refractivity contribution is -0.138. The molecule has 0 radical (unpaired) electrons. The summed E-state index contributed by atoms with van der Waals surface area (Å²) in [4.78, 5) is 25.7. The number of carbonyl (C=O) groups is 1. The smallest absolute Gasteiger partial charge is 0.416 e. The number of likely N-dealkylation sites (N-methyl/N-ethyl adjacent to an activating group) is 1. The predicted molar refractivity (Wildman–Crippen MR) is 157 cm³/mol. The van der Waals surface area contributed by atoms with E-state index in [1.807, 2.05) is 11.8 Å². The topological polar surface area (TPSA) is 100 Å². The number of nitrogens with one attached hydrogen (secondary N) is 2. The molecular formula is C30H33F3N8O2. The third kappa shape index (κ3) is 7.67. The SMILES string of the molecule is CCN1CCN(Cc2ccc(NC(=O)c3ccc(C)c(Oc4cc(Nc5cnn(C)c5)ncn4)c3)cc2C(F)(F)F)CC1. The highest BCUT2D eigenvalue weighted by Crippen LogP contribution is 2.35. The largest absolute Gasteiger partial charge is 0.439 e. The number of benzene rings is 2. The Bertz CT molecular complexity index is 1580. The molecule has 226 valence electrons. The fourth-order valence-electron chi connectivity index (χ4n) is 4.83. The number of piperazine rings is 1. The summed E-state index contributed by atoms with van der Waals surface area (Å²) in [6.45, 7) is 8.08. The van der Waals surface area contributed by atoms with Crippen LogP contribution in [-0.2, 0) is 19.8 Å². The van der Waals surface area contributed by atoms with Crippen molar-refractivity contribution < 1.29 is 22.7 Å². The number of halogens is 3. The minimum Gasteiger partial charge on any atom is -0.439 e. The average Bonchev–Trinajstić information content (AvgIpc) is 3.39. The molecule has 10 nitrogen and oxygen atoms in total. The van der Waals surface area contributed by atoms with Crippen LogP contribution in [0.3, 0.4) is 0 Å². The van der Waals surface area contributed by atoms with Gasteiger partial charge in [-0.25, -0.2) is 9.97 Å². The molecule has 2 aromatic carbocycles. The minimum atomic E-state index is -4.56. The summed E-state index contributed by atoms with van der Waals surface area (Å²) in [5, 5.41) is 9.81. The van der Waals surface area contributed by atoms with E-state index in [2.05, 4.69) is 37.5 Å². The van der Waals surface area contributed by atoms with E-state index in [-0.39, 0.29) is 29.2 Å². The van der Waals surface area contributed by atoms with Gasteiger partial charge in [-0.05, 0) is 48.9 Å². The van der Waals surface area contributed by atoms with Crippen LogP contribution >= 0.6 is 0 Å². The summed E-state index contributed by atoms with van der Waals surface area (Å²) in [5.41, 5.74) is 1.18. The Morgan fingerprint density at radius 3 is 2.47 bits per heavy atom. The summed E-state index contributed by atoms with van der Waals surface area (Å²) >= 11 is 0. The zero-order valence-electron chi connectivity index (χ0n) is 24.1. The Kier molecular flexibility index (Phi) is 8.92. The summed E-state index contributed by atoms with van der Waals surface area (Å²) in [6.07, 6.45) is 0.213. The van der Waals surface area contributed by atoms with Crippen LogP contribution in [0.2, 0.25) is 0 Å². The monoisotopic (exact) mass is 594 g/mol. The van der Waals surface area contributed by atoms with E-state index < -0.39 is 17.6 Å². The van der Waals surface area contributed by atoms with Crippen molar-refractivity contribution >= 4 is 23.1 Å².